The summed E-state index contributed by atoms with van der Waals surface area (Å²) in [6, 6.07) is 7.92. The molecule has 2 aromatic rings. The van der Waals surface area contributed by atoms with E-state index in [1.54, 1.807) is 17.3 Å². The number of pyridine rings is 2. The lowest BCUT2D eigenvalue weighted by atomic mass is 9.86. The Balaban J connectivity index is 1.89. The average molecular weight is 425 g/mol. The molecule has 0 saturated heterocycles. The second-order valence-corrected chi connectivity index (χ2v) is 9.81. The van der Waals surface area contributed by atoms with Crippen molar-refractivity contribution in [2.75, 3.05) is 20.1 Å². The molecule has 2 rings (SSSR count). The number of carbonyl (C=O) groups is 2. The van der Waals surface area contributed by atoms with E-state index in [9.17, 15) is 9.59 Å². The predicted molar refractivity (Wildman–Crippen MR) is 123 cm³/mol. The summed E-state index contributed by atoms with van der Waals surface area (Å²) >= 11 is 0. The van der Waals surface area contributed by atoms with Crippen LogP contribution in [0.3, 0.4) is 0 Å². The van der Waals surface area contributed by atoms with Gasteiger partial charge in [0, 0.05) is 61.7 Å². The summed E-state index contributed by atoms with van der Waals surface area (Å²) in [5.41, 5.74) is 2.15. The third-order valence-electron chi connectivity index (χ3n) is 5.26. The van der Waals surface area contributed by atoms with Gasteiger partial charge in [0.25, 0.3) is 0 Å². The van der Waals surface area contributed by atoms with Crippen LogP contribution in [0.4, 0.5) is 0 Å². The predicted octanol–water partition coefficient (Wildman–Crippen LogP) is 3.45. The number of nitrogens with one attached hydrogen (secondary N) is 1. The van der Waals surface area contributed by atoms with Crippen molar-refractivity contribution >= 4 is 11.8 Å². The molecule has 0 spiro atoms. The number of hydrogen-bond acceptors (Lipinski definition) is 4. The van der Waals surface area contributed by atoms with E-state index in [1.807, 2.05) is 72.1 Å². The molecular formula is C25H36N4O2. The Morgan fingerprint density at radius 2 is 1.77 bits per heavy atom. The van der Waals surface area contributed by atoms with Gasteiger partial charge in [-0.1, -0.05) is 40.7 Å². The van der Waals surface area contributed by atoms with Crippen LogP contribution >= 0.6 is 0 Å². The fourth-order valence-corrected chi connectivity index (χ4v) is 3.39. The van der Waals surface area contributed by atoms with Gasteiger partial charge in [-0.05, 0) is 42.2 Å². The zero-order chi connectivity index (χ0) is 23.1. The molecule has 0 aliphatic heterocycles. The Hall–Kier alpha value is -2.76. The Bertz CT molecular complexity index is 873. The van der Waals surface area contributed by atoms with E-state index in [0.717, 1.165) is 29.7 Å². The largest absolute Gasteiger partial charge is 0.355 e. The van der Waals surface area contributed by atoms with Gasteiger partial charge < -0.3 is 10.2 Å². The van der Waals surface area contributed by atoms with E-state index in [1.165, 1.54) is 0 Å². The highest BCUT2D eigenvalue weighted by molar-refractivity contribution is 5.82. The molecule has 0 aliphatic carbocycles. The van der Waals surface area contributed by atoms with Gasteiger partial charge in [-0.3, -0.25) is 19.6 Å². The monoisotopic (exact) mass is 424 g/mol. The maximum atomic E-state index is 12.7. The first-order valence-corrected chi connectivity index (χ1v) is 10.9. The summed E-state index contributed by atoms with van der Waals surface area (Å²) in [7, 11) is 1.84. The SMILES string of the molecule is CN(CCc1ccnc(CC(C)(C)C(=O)NCCc2cccnc2)c1)C(=O)C(C)(C)C. The molecule has 0 saturated carbocycles. The zero-order valence-corrected chi connectivity index (χ0v) is 19.7. The van der Waals surface area contributed by atoms with Crippen LogP contribution in [0.5, 0.6) is 0 Å². The molecule has 0 unspecified atom stereocenters. The minimum Gasteiger partial charge on any atom is -0.355 e. The lowest BCUT2D eigenvalue weighted by molar-refractivity contribution is -0.138. The van der Waals surface area contributed by atoms with Crippen molar-refractivity contribution < 1.29 is 9.59 Å². The number of aromatic nitrogens is 2. The van der Waals surface area contributed by atoms with Gasteiger partial charge in [-0.2, -0.15) is 0 Å². The second-order valence-electron chi connectivity index (χ2n) is 9.81. The Labute approximate surface area is 186 Å². The molecule has 2 amide bonds. The van der Waals surface area contributed by atoms with Crippen LogP contribution in [-0.2, 0) is 28.9 Å². The fourth-order valence-electron chi connectivity index (χ4n) is 3.39. The summed E-state index contributed by atoms with van der Waals surface area (Å²) < 4.78 is 0. The van der Waals surface area contributed by atoms with Gasteiger partial charge in [0.05, 0.1) is 0 Å². The summed E-state index contributed by atoms with van der Waals surface area (Å²) in [4.78, 5) is 35.4. The Morgan fingerprint density at radius 1 is 1.03 bits per heavy atom. The third-order valence-corrected chi connectivity index (χ3v) is 5.26. The van der Waals surface area contributed by atoms with Crippen molar-refractivity contribution in [3.8, 4) is 0 Å². The molecule has 2 heterocycles. The molecular weight excluding hydrogens is 388 g/mol. The smallest absolute Gasteiger partial charge is 0.227 e. The molecule has 0 bridgehead atoms. The number of likely N-dealkylation sites (N-methyl/N-ethyl adjacent to an activating group) is 1. The van der Waals surface area contributed by atoms with Crippen LogP contribution in [0.15, 0.2) is 42.9 Å². The van der Waals surface area contributed by atoms with E-state index in [-0.39, 0.29) is 17.2 Å². The highest BCUT2D eigenvalue weighted by Crippen LogP contribution is 2.22. The van der Waals surface area contributed by atoms with Gasteiger partial charge in [0.2, 0.25) is 11.8 Å². The normalized spacial score (nSPS) is 11.8. The molecule has 1 N–H and O–H groups in total. The van der Waals surface area contributed by atoms with E-state index in [2.05, 4.69) is 15.3 Å². The van der Waals surface area contributed by atoms with Crippen LogP contribution in [0.1, 0.15) is 51.4 Å². The van der Waals surface area contributed by atoms with Gasteiger partial charge in [0.1, 0.15) is 0 Å². The standard InChI is InChI=1S/C25H36N4O2/c1-24(2,3)23(31)29(6)15-11-19-9-13-27-21(16-19)17-25(4,5)22(30)28-14-10-20-8-7-12-26-18-20/h7-9,12-13,16,18H,10-11,14-15,17H2,1-6H3,(H,28,30). The minimum absolute atomic E-state index is 0.0131. The van der Waals surface area contributed by atoms with E-state index < -0.39 is 5.41 Å². The van der Waals surface area contributed by atoms with Crippen molar-refractivity contribution in [3.63, 3.8) is 0 Å². The van der Waals surface area contributed by atoms with Gasteiger partial charge in [-0.25, -0.2) is 0 Å². The Morgan fingerprint density at radius 3 is 2.42 bits per heavy atom. The van der Waals surface area contributed by atoms with Crippen LogP contribution < -0.4 is 5.32 Å². The first-order valence-electron chi connectivity index (χ1n) is 10.9. The fraction of sp³-hybridized carbons (Fsp3) is 0.520. The third kappa shape index (κ3) is 7.78. The van der Waals surface area contributed by atoms with E-state index in [4.69, 9.17) is 0 Å². The number of carbonyl (C=O) groups excluding carboxylic acids is 2. The summed E-state index contributed by atoms with van der Waals surface area (Å²) in [6.07, 6.45) is 7.41. The molecule has 0 fully saturated rings. The summed E-state index contributed by atoms with van der Waals surface area (Å²) in [6.45, 7) is 10.9. The van der Waals surface area contributed by atoms with Crippen LogP contribution in [0, 0.1) is 10.8 Å². The molecule has 0 aliphatic rings. The van der Waals surface area contributed by atoms with Gasteiger partial charge in [-0.15, -0.1) is 0 Å². The maximum absolute atomic E-state index is 12.7. The summed E-state index contributed by atoms with van der Waals surface area (Å²) in [5, 5.41) is 3.03. The maximum Gasteiger partial charge on any atom is 0.227 e. The van der Waals surface area contributed by atoms with Crippen molar-refractivity contribution in [1.82, 2.24) is 20.2 Å². The first kappa shape index (κ1) is 24.5. The van der Waals surface area contributed by atoms with Crippen molar-refractivity contribution in [2.24, 2.45) is 10.8 Å². The highest BCUT2D eigenvalue weighted by Gasteiger charge is 2.28. The minimum atomic E-state index is -0.570. The molecule has 2 aromatic heterocycles. The number of hydrogen-bond donors (Lipinski definition) is 1. The van der Waals surface area contributed by atoms with Crippen LogP contribution in [-0.4, -0.2) is 46.8 Å². The second kappa shape index (κ2) is 10.5. The van der Waals surface area contributed by atoms with Crippen molar-refractivity contribution in [3.05, 3.63) is 59.7 Å². The van der Waals surface area contributed by atoms with Gasteiger partial charge >= 0.3 is 0 Å². The highest BCUT2D eigenvalue weighted by atomic mass is 16.2. The summed E-state index contributed by atoms with van der Waals surface area (Å²) in [5.74, 6) is 0.143. The molecule has 0 atom stereocenters. The molecule has 6 nitrogen and oxygen atoms in total. The van der Waals surface area contributed by atoms with Crippen LogP contribution in [0.2, 0.25) is 0 Å². The number of nitrogens with zero attached hydrogens (tertiary/aromatic N) is 3. The van der Waals surface area contributed by atoms with E-state index in [0.29, 0.717) is 19.5 Å². The lowest BCUT2D eigenvalue weighted by Crippen LogP contribution is -2.39. The average Bonchev–Trinajstić information content (AvgIpc) is 2.71. The molecule has 0 radical (unpaired) electrons. The quantitative estimate of drug-likeness (QED) is 0.669. The first-order chi connectivity index (χ1) is 14.5. The Kier molecular flexibility index (Phi) is 8.31. The van der Waals surface area contributed by atoms with Crippen molar-refractivity contribution in [1.29, 1.82) is 0 Å². The number of amides is 2. The molecule has 6 heteroatoms. The lowest BCUT2D eigenvalue weighted by Gasteiger charge is -2.26. The van der Waals surface area contributed by atoms with Gasteiger partial charge in [0.15, 0.2) is 0 Å². The number of rotatable bonds is 9. The van der Waals surface area contributed by atoms with E-state index >= 15 is 0 Å². The molecule has 31 heavy (non-hydrogen) atoms. The topological polar surface area (TPSA) is 75.2 Å². The molecule has 0 aromatic carbocycles. The van der Waals surface area contributed by atoms with Crippen molar-refractivity contribution in [2.45, 2.75) is 53.9 Å². The molecule has 168 valence electrons. The zero-order valence-electron chi connectivity index (χ0n) is 19.7. The van der Waals surface area contributed by atoms with Crippen LogP contribution in [0.25, 0.3) is 0 Å².